The van der Waals surface area contributed by atoms with Crippen LogP contribution in [0, 0.1) is 0 Å². The van der Waals surface area contributed by atoms with Gasteiger partial charge < -0.3 is 0 Å². The van der Waals surface area contributed by atoms with Gasteiger partial charge in [0.05, 0.1) is 3.58 Å². The van der Waals surface area contributed by atoms with Crippen molar-refractivity contribution < 1.29 is 14.4 Å². The van der Waals surface area contributed by atoms with Gasteiger partial charge in [0.25, 0.3) is 11.8 Å². The summed E-state index contributed by atoms with van der Waals surface area (Å²) in [5.74, 6) is -1.45. The molecule has 0 saturated carbocycles. The molecule has 0 aromatic rings. The van der Waals surface area contributed by atoms with Crippen LogP contribution in [-0.4, -0.2) is 17.6 Å². The smallest absolute Gasteiger partial charge is 0.265 e. The molecule has 1 aliphatic heterocycles. The molecule has 0 aliphatic carbocycles. The summed E-state index contributed by atoms with van der Waals surface area (Å²) in [6.45, 7) is 1.26. The maximum Gasteiger partial charge on any atom is 0.265 e. The molecule has 0 atom stereocenters. The molecule has 0 spiro atoms. The minimum atomic E-state index is -0.591. The van der Waals surface area contributed by atoms with Crippen LogP contribution in [0.3, 0.4) is 0 Å². The Morgan fingerprint density at radius 2 is 1.91 bits per heavy atom. The fourth-order valence-corrected chi connectivity index (χ4v) is 1.51. The van der Waals surface area contributed by atoms with E-state index in [4.69, 9.17) is 0 Å². The monoisotopic (exact) mass is 265 g/mol. The molecule has 2 amide bonds. The molecule has 1 rings (SSSR count). The van der Waals surface area contributed by atoms with E-state index in [1.807, 2.05) is 5.32 Å². The van der Waals surface area contributed by atoms with Crippen LogP contribution in [0.2, 0.25) is 0 Å². The average molecular weight is 265 g/mol. The van der Waals surface area contributed by atoms with E-state index in [0.717, 1.165) is 0 Å². The molecule has 1 aliphatic rings. The molecular weight excluding hydrogens is 261 g/mol. The molecule has 1 N–H and O–H groups in total. The molecule has 0 aromatic carbocycles. The lowest BCUT2D eigenvalue weighted by Gasteiger charge is -1.89. The molecule has 11 heavy (non-hydrogen) atoms. The minimum absolute atomic E-state index is 0.0319. The Labute approximate surface area is 76.2 Å². The summed E-state index contributed by atoms with van der Waals surface area (Å²) < 4.78 is 0.181. The number of halogens is 1. The Morgan fingerprint density at radius 1 is 1.36 bits per heavy atom. The second-order valence-electron chi connectivity index (χ2n) is 2.03. The summed E-state index contributed by atoms with van der Waals surface area (Å²) >= 11 is 1.68. The zero-order chi connectivity index (χ0) is 8.59. The number of hydrogen-bond donors (Lipinski definition) is 1. The van der Waals surface area contributed by atoms with E-state index >= 15 is 0 Å². The molecule has 5 heteroatoms. The van der Waals surface area contributed by atoms with Crippen LogP contribution in [0.5, 0.6) is 0 Å². The lowest BCUT2D eigenvalue weighted by molar-refractivity contribution is -0.124. The van der Waals surface area contributed by atoms with Crippen molar-refractivity contribution >= 4 is 40.2 Å². The Balaban J connectivity index is 3.17. The van der Waals surface area contributed by atoms with E-state index in [9.17, 15) is 14.4 Å². The fraction of sp³-hybridized carbons (Fsp3) is 0.167. The van der Waals surface area contributed by atoms with Crippen LogP contribution in [0.4, 0.5) is 0 Å². The van der Waals surface area contributed by atoms with Crippen LogP contribution >= 0.6 is 22.6 Å². The zero-order valence-corrected chi connectivity index (χ0v) is 7.76. The highest BCUT2D eigenvalue weighted by molar-refractivity contribution is 14.1. The van der Waals surface area contributed by atoms with E-state index in [0.29, 0.717) is 0 Å². The molecule has 0 fully saturated rings. The summed E-state index contributed by atoms with van der Waals surface area (Å²) in [7, 11) is 0. The first-order valence-electron chi connectivity index (χ1n) is 2.80. The van der Waals surface area contributed by atoms with Crippen molar-refractivity contribution in [3.05, 3.63) is 9.15 Å². The summed E-state index contributed by atoms with van der Waals surface area (Å²) in [4.78, 5) is 32.3. The predicted molar refractivity (Wildman–Crippen MR) is 44.9 cm³/mol. The van der Waals surface area contributed by atoms with Crippen LogP contribution < -0.4 is 5.32 Å². The maximum absolute atomic E-state index is 10.8. The Morgan fingerprint density at radius 3 is 2.09 bits per heavy atom. The van der Waals surface area contributed by atoms with Gasteiger partial charge in [-0.2, -0.15) is 0 Å². The van der Waals surface area contributed by atoms with Crippen molar-refractivity contribution in [2.45, 2.75) is 6.92 Å². The number of carbonyl (C=O) groups excluding carboxylic acids is 3. The van der Waals surface area contributed by atoms with Gasteiger partial charge in [-0.25, -0.2) is 0 Å². The van der Waals surface area contributed by atoms with Crippen LogP contribution in [0.1, 0.15) is 6.92 Å². The molecular formula is C6H4INO3. The molecule has 0 unspecified atom stereocenters. The van der Waals surface area contributed by atoms with Crippen molar-refractivity contribution in [3.8, 4) is 0 Å². The second-order valence-corrected chi connectivity index (χ2v) is 3.11. The Bertz CT molecular complexity index is 292. The predicted octanol–water partition coefficient (Wildman–Crippen LogP) is -0.0791. The number of rotatable bonds is 1. The lowest BCUT2D eigenvalue weighted by Crippen LogP contribution is -2.23. The molecule has 4 nitrogen and oxygen atoms in total. The maximum atomic E-state index is 10.8. The summed E-state index contributed by atoms with van der Waals surface area (Å²) in [5, 5.41) is 2.02. The molecule has 0 saturated heterocycles. The normalized spacial score (nSPS) is 17.3. The second kappa shape index (κ2) is 2.72. The first kappa shape index (κ1) is 8.38. The van der Waals surface area contributed by atoms with Crippen molar-refractivity contribution in [2.75, 3.05) is 0 Å². The van der Waals surface area contributed by atoms with Crippen LogP contribution in [-0.2, 0) is 14.4 Å². The molecule has 0 aromatic heterocycles. The van der Waals surface area contributed by atoms with Gasteiger partial charge in [0, 0.05) is 0 Å². The standard InChI is InChI=1S/C6H4INO3/c1-2(9)3-4(7)6(11)8-5(3)10/h1H3,(H,8,10,11). The van der Waals surface area contributed by atoms with Gasteiger partial charge in [0.2, 0.25) is 0 Å². The highest BCUT2D eigenvalue weighted by Gasteiger charge is 2.30. The van der Waals surface area contributed by atoms with Gasteiger partial charge in [-0.05, 0) is 29.5 Å². The van der Waals surface area contributed by atoms with Gasteiger partial charge in [-0.3, -0.25) is 19.7 Å². The fourth-order valence-electron chi connectivity index (χ4n) is 0.748. The van der Waals surface area contributed by atoms with Crippen molar-refractivity contribution in [2.24, 2.45) is 0 Å². The SMILES string of the molecule is CC(=O)C1=C(I)C(=O)NC1=O. The molecule has 58 valence electrons. The summed E-state index contributed by atoms with van der Waals surface area (Å²) in [5.41, 5.74) is -0.0319. The third-order valence-electron chi connectivity index (χ3n) is 1.23. The van der Waals surface area contributed by atoms with Crippen molar-refractivity contribution in [1.29, 1.82) is 0 Å². The lowest BCUT2D eigenvalue weighted by atomic mass is 10.2. The van der Waals surface area contributed by atoms with Gasteiger partial charge >= 0.3 is 0 Å². The van der Waals surface area contributed by atoms with Crippen molar-refractivity contribution in [3.63, 3.8) is 0 Å². The van der Waals surface area contributed by atoms with Gasteiger partial charge in [0.15, 0.2) is 5.78 Å². The molecule has 0 radical (unpaired) electrons. The highest BCUT2D eigenvalue weighted by Crippen LogP contribution is 2.19. The van der Waals surface area contributed by atoms with E-state index in [1.165, 1.54) is 6.92 Å². The third kappa shape index (κ3) is 1.32. The summed E-state index contributed by atoms with van der Waals surface area (Å²) in [6.07, 6.45) is 0. The first-order chi connectivity index (χ1) is 5.04. The van der Waals surface area contributed by atoms with Crippen LogP contribution in [0.15, 0.2) is 9.15 Å². The number of amides is 2. The topological polar surface area (TPSA) is 63.2 Å². The van der Waals surface area contributed by atoms with E-state index in [2.05, 4.69) is 0 Å². The number of nitrogens with one attached hydrogen (secondary N) is 1. The minimum Gasteiger partial charge on any atom is -0.294 e. The largest absolute Gasteiger partial charge is 0.294 e. The quantitative estimate of drug-likeness (QED) is 0.410. The average Bonchev–Trinajstić information content (AvgIpc) is 2.07. The van der Waals surface area contributed by atoms with Crippen LogP contribution in [0.25, 0.3) is 0 Å². The highest BCUT2D eigenvalue weighted by atomic mass is 127. The number of hydrogen-bond acceptors (Lipinski definition) is 3. The first-order valence-corrected chi connectivity index (χ1v) is 3.88. The van der Waals surface area contributed by atoms with Gasteiger partial charge in [-0.15, -0.1) is 0 Å². The summed E-state index contributed by atoms with van der Waals surface area (Å²) in [6, 6.07) is 0. The van der Waals surface area contributed by atoms with E-state index < -0.39 is 11.8 Å². The number of ketones is 1. The van der Waals surface area contributed by atoms with E-state index in [1.54, 1.807) is 22.6 Å². The van der Waals surface area contributed by atoms with Crippen molar-refractivity contribution in [1.82, 2.24) is 5.32 Å². The van der Waals surface area contributed by atoms with Gasteiger partial charge in [0.1, 0.15) is 5.57 Å². The number of imide groups is 1. The van der Waals surface area contributed by atoms with Gasteiger partial charge in [-0.1, -0.05) is 0 Å². The molecule has 1 heterocycles. The van der Waals surface area contributed by atoms with E-state index in [-0.39, 0.29) is 14.9 Å². The Kier molecular flexibility index (Phi) is 2.08. The molecule has 0 bridgehead atoms. The number of Topliss-reactive ketones (excluding diaryl/α,β-unsaturated/α-hetero) is 1. The Hall–Kier alpha value is -0.720. The number of carbonyl (C=O) groups is 3. The third-order valence-corrected chi connectivity index (χ3v) is 2.25. The zero-order valence-electron chi connectivity index (χ0n) is 5.60.